The summed E-state index contributed by atoms with van der Waals surface area (Å²) in [5.74, 6) is 0.225. The van der Waals surface area contributed by atoms with Crippen molar-refractivity contribution in [2.75, 3.05) is 39.3 Å². The van der Waals surface area contributed by atoms with Crippen molar-refractivity contribution in [3.8, 4) is 0 Å². The quantitative estimate of drug-likeness (QED) is 0.821. The number of nitrogens with zero attached hydrogens (tertiary/aromatic N) is 2. The number of nitrogens with one attached hydrogen (secondary N) is 1. The maximum Gasteiger partial charge on any atom is 0.287 e. The molecule has 1 amide bonds. The van der Waals surface area contributed by atoms with Crippen LogP contribution in [0.1, 0.15) is 16.1 Å². The number of benzene rings is 1. The molecule has 1 aliphatic rings. The third kappa shape index (κ3) is 4.93. The number of carbonyl (C=O) groups is 1. The predicted molar refractivity (Wildman–Crippen MR) is 96.9 cm³/mol. The van der Waals surface area contributed by atoms with Gasteiger partial charge in [0.25, 0.3) is 5.91 Å². The number of rotatable bonds is 6. The van der Waals surface area contributed by atoms with Crippen LogP contribution in [0.15, 0.2) is 51.6 Å². The van der Waals surface area contributed by atoms with Crippen LogP contribution in [0.4, 0.5) is 0 Å². The minimum absolute atomic E-state index is 0.145. The van der Waals surface area contributed by atoms with Gasteiger partial charge in [0.1, 0.15) is 0 Å². The Hall–Kier alpha value is -1.63. The Labute approximate surface area is 150 Å². The van der Waals surface area contributed by atoms with Gasteiger partial charge >= 0.3 is 0 Å². The maximum atomic E-state index is 11.8. The molecule has 0 aliphatic carbocycles. The lowest BCUT2D eigenvalue weighted by atomic mass is 10.2. The lowest BCUT2D eigenvalue weighted by molar-refractivity contribution is 0.0907. The summed E-state index contributed by atoms with van der Waals surface area (Å²) in [6.45, 7) is 6.70. The molecule has 0 unspecified atom stereocenters. The van der Waals surface area contributed by atoms with Crippen molar-refractivity contribution < 1.29 is 9.21 Å². The molecule has 1 aromatic carbocycles. The van der Waals surface area contributed by atoms with Crippen LogP contribution in [0, 0.1) is 0 Å². The van der Waals surface area contributed by atoms with E-state index in [2.05, 4.69) is 55.3 Å². The molecule has 1 aliphatic heterocycles. The van der Waals surface area contributed by atoms with Gasteiger partial charge in [-0.3, -0.25) is 14.6 Å². The Morgan fingerprint density at radius 2 is 1.79 bits per heavy atom. The number of hydrogen-bond acceptors (Lipinski definition) is 4. The summed E-state index contributed by atoms with van der Waals surface area (Å²) in [4.78, 5) is 16.7. The third-order valence-electron chi connectivity index (χ3n) is 4.24. The van der Waals surface area contributed by atoms with Gasteiger partial charge in [-0.25, -0.2) is 0 Å². The SMILES string of the molecule is O=C(NCCN1CCN(Cc2ccc(Br)cc2)CC1)c1ccco1. The Balaban J connectivity index is 1.34. The van der Waals surface area contributed by atoms with Crippen LogP contribution in [0.2, 0.25) is 0 Å². The minimum atomic E-state index is -0.145. The molecule has 1 fully saturated rings. The second kappa shape index (κ2) is 8.46. The molecule has 1 saturated heterocycles. The smallest absolute Gasteiger partial charge is 0.287 e. The Morgan fingerprint density at radius 1 is 1.08 bits per heavy atom. The molecule has 0 atom stereocenters. The van der Waals surface area contributed by atoms with Crippen molar-refractivity contribution in [3.63, 3.8) is 0 Å². The lowest BCUT2D eigenvalue weighted by Gasteiger charge is -2.34. The summed E-state index contributed by atoms with van der Waals surface area (Å²) in [5.41, 5.74) is 1.34. The second-order valence-corrected chi connectivity index (χ2v) is 6.89. The van der Waals surface area contributed by atoms with Crippen LogP contribution < -0.4 is 5.32 Å². The second-order valence-electron chi connectivity index (χ2n) is 5.98. The molecule has 24 heavy (non-hydrogen) atoms. The van der Waals surface area contributed by atoms with E-state index in [1.165, 1.54) is 11.8 Å². The molecular weight excluding hydrogens is 370 g/mol. The van der Waals surface area contributed by atoms with Gasteiger partial charge in [-0.2, -0.15) is 0 Å². The molecule has 3 rings (SSSR count). The van der Waals surface area contributed by atoms with Gasteiger partial charge in [0.2, 0.25) is 0 Å². The van der Waals surface area contributed by atoms with Gasteiger partial charge in [-0.1, -0.05) is 28.1 Å². The highest BCUT2D eigenvalue weighted by Crippen LogP contribution is 2.13. The van der Waals surface area contributed by atoms with E-state index in [-0.39, 0.29) is 5.91 Å². The number of halogens is 1. The summed E-state index contributed by atoms with van der Waals surface area (Å²) < 4.78 is 6.20. The van der Waals surface area contributed by atoms with Crippen LogP contribution in [-0.2, 0) is 6.54 Å². The first-order valence-electron chi connectivity index (χ1n) is 8.21. The van der Waals surface area contributed by atoms with E-state index in [0.29, 0.717) is 12.3 Å². The van der Waals surface area contributed by atoms with Crippen LogP contribution in [0.5, 0.6) is 0 Å². The minimum Gasteiger partial charge on any atom is -0.459 e. The first-order chi connectivity index (χ1) is 11.7. The fraction of sp³-hybridized carbons (Fsp3) is 0.389. The molecule has 2 heterocycles. The molecular formula is C18H22BrN3O2. The van der Waals surface area contributed by atoms with E-state index in [0.717, 1.165) is 43.7 Å². The van der Waals surface area contributed by atoms with Crippen molar-refractivity contribution in [3.05, 3.63) is 58.5 Å². The van der Waals surface area contributed by atoms with E-state index >= 15 is 0 Å². The van der Waals surface area contributed by atoms with E-state index in [1.54, 1.807) is 12.1 Å². The van der Waals surface area contributed by atoms with Crippen molar-refractivity contribution >= 4 is 21.8 Å². The van der Waals surface area contributed by atoms with Gasteiger partial charge in [0, 0.05) is 50.3 Å². The van der Waals surface area contributed by atoms with Gasteiger partial charge in [0.05, 0.1) is 6.26 Å². The summed E-state index contributed by atoms with van der Waals surface area (Å²) in [6.07, 6.45) is 1.51. The molecule has 0 radical (unpaired) electrons. The largest absolute Gasteiger partial charge is 0.459 e. The lowest BCUT2D eigenvalue weighted by Crippen LogP contribution is -2.48. The van der Waals surface area contributed by atoms with Crippen molar-refractivity contribution in [1.29, 1.82) is 0 Å². The summed E-state index contributed by atoms with van der Waals surface area (Å²) in [6, 6.07) is 11.9. The molecule has 0 saturated carbocycles. The van der Waals surface area contributed by atoms with Gasteiger partial charge in [-0.05, 0) is 29.8 Å². The van der Waals surface area contributed by atoms with Gasteiger partial charge in [0.15, 0.2) is 5.76 Å². The predicted octanol–water partition coefficient (Wildman–Crippen LogP) is 2.59. The zero-order valence-electron chi connectivity index (χ0n) is 13.6. The average Bonchev–Trinajstić information content (AvgIpc) is 3.13. The van der Waals surface area contributed by atoms with E-state index < -0.39 is 0 Å². The first kappa shape index (κ1) is 17.2. The summed E-state index contributed by atoms with van der Waals surface area (Å²) >= 11 is 3.47. The van der Waals surface area contributed by atoms with E-state index in [4.69, 9.17) is 4.42 Å². The molecule has 0 bridgehead atoms. The Kier molecular flexibility index (Phi) is 6.07. The van der Waals surface area contributed by atoms with Crippen molar-refractivity contribution in [2.24, 2.45) is 0 Å². The standard InChI is InChI=1S/C18H22BrN3O2/c19-16-5-3-15(4-6-16)14-22-11-9-21(10-12-22)8-7-20-18(23)17-2-1-13-24-17/h1-6,13H,7-12,14H2,(H,20,23). The normalized spacial score (nSPS) is 16.2. The third-order valence-corrected chi connectivity index (χ3v) is 4.77. The van der Waals surface area contributed by atoms with Crippen LogP contribution in [-0.4, -0.2) is 55.0 Å². The summed E-state index contributed by atoms with van der Waals surface area (Å²) in [7, 11) is 0. The monoisotopic (exact) mass is 391 g/mol. The highest BCUT2D eigenvalue weighted by molar-refractivity contribution is 9.10. The molecule has 1 aromatic heterocycles. The number of carbonyl (C=O) groups excluding carboxylic acids is 1. The number of piperazine rings is 1. The van der Waals surface area contributed by atoms with Crippen molar-refractivity contribution in [2.45, 2.75) is 6.54 Å². The van der Waals surface area contributed by atoms with E-state index in [9.17, 15) is 4.79 Å². The first-order valence-corrected chi connectivity index (χ1v) is 9.01. The van der Waals surface area contributed by atoms with E-state index in [1.807, 2.05) is 0 Å². The van der Waals surface area contributed by atoms with Crippen LogP contribution in [0.25, 0.3) is 0 Å². The highest BCUT2D eigenvalue weighted by atomic mass is 79.9. The number of furan rings is 1. The molecule has 0 spiro atoms. The van der Waals surface area contributed by atoms with Gasteiger partial charge in [-0.15, -0.1) is 0 Å². The molecule has 1 N–H and O–H groups in total. The zero-order chi connectivity index (χ0) is 16.8. The Morgan fingerprint density at radius 3 is 2.46 bits per heavy atom. The fourth-order valence-corrected chi connectivity index (χ4v) is 3.11. The molecule has 2 aromatic rings. The molecule has 5 nitrogen and oxygen atoms in total. The topological polar surface area (TPSA) is 48.7 Å². The van der Waals surface area contributed by atoms with Crippen molar-refractivity contribution in [1.82, 2.24) is 15.1 Å². The Bertz CT molecular complexity index is 635. The zero-order valence-corrected chi connectivity index (χ0v) is 15.2. The highest BCUT2D eigenvalue weighted by Gasteiger charge is 2.17. The van der Waals surface area contributed by atoms with Crippen LogP contribution in [0.3, 0.4) is 0 Å². The summed E-state index contributed by atoms with van der Waals surface area (Å²) in [5, 5.41) is 2.90. The van der Waals surface area contributed by atoms with Gasteiger partial charge < -0.3 is 9.73 Å². The average molecular weight is 392 g/mol. The fourth-order valence-electron chi connectivity index (χ4n) is 2.84. The van der Waals surface area contributed by atoms with Crippen LogP contribution >= 0.6 is 15.9 Å². The molecule has 128 valence electrons. The molecule has 6 heteroatoms. The number of amides is 1. The number of hydrogen-bond donors (Lipinski definition) is 1. The maximum absolute atomic E-state index is 11.8.